The van der Waals surface area contributed by atoms with Crippen molar-refractivity contribution in [1.82, 2.24) is 20.4 Å². The van der Waals surface area contributed by atoms with Gasteiger partial charge < -0.3 is 14.7 Å². The number of hydrogen-bond acceptors (Lipinski definition) is 5. The summed E-state index contributed by atoms with van der Waals surface area (Å²) in [5.41, 5.74) is 2.87. The van der Waals surface area contributed by atoms with Gasteiger partial charge in [-0.1, -0.05) is 47.6 Å². The first kappa shape index (κ1) is 18.9. The number of hydrogen-bond donors (Lipinski definition) is 1. The summed E-state index contributed by atoms with van der Waals surface area (Å²) >= 11 is 0. The summed E-state index contributed by atoms with van der Waals surface area (Å²) in [5, 5.41) is 6.79. The van der Waals surface area contributed by atoms with Crippen LogP contribution >= 0.6 is 0 Å². The molecular formula is C22H22N4O3. The third-order valence-corrected chi connectivity index (χ3v) is 5.12. The van der Waals surface area contributed by atoms with Crippen LogP contribution in [0.15, 0.2) is 59.1 Å². The molecule has 7 heteroatoms. The molecule has 1 N–H and O–H groups in total. The van der Waals surface area contributed by atoms with E-state index in [1.165, 1.54) is 5.56 Å². The van der Waals surface area contributed by atoms with E-state index in [0.29, 0.717) is 36.8 Å². The monoisotopic (exact) mass is 390 g/mol. The minimum Gasteiger partial charge on any atom is -0.343 e. The second-order valence-electron chi connectivity index (χ2n) is 7.20. The van der Waals surface area contributed by atoms with Gasteiger partial charge in [0, 0.05) is 31.0 Å². The van der Waals surface area contributed by atoms with E-state index in [-0.39, 0.29) is 24.3 Å². The van der Waals surface area contributed by atoms with Crippen LogP contribution in [-0.2, 0) is 17.9 Å². The number of likely N-dealkylation sites (tertiary alicyclic amines) is 1. The molecule has 1 unspecified atom stereocenters. The van der Waals surface area contributed by atoms with Gasteiger partial charge in [0.25, 0.3) is 5.91 Å². The fourth-order valence-corrected chi connectivity index (χ4v) is 3.44. The maximum Gasteiger partial charge on any atom is 0.251 e. The minimum atomic E-state index is -0.203. The lowest BCUT2D eigenvalue weighted by atomic mass is 10.1. The van der Waals surface area contributed by atoms with Crippen LogP contribution in [-0.4, -0.2) is 33.4 Å². The highest BCUT2D eigenvalue weighted by Gasteiger charge is 2.33. The maximum atomic E-state index is 12.4. The van der Waals surface area contributed by atoms with Crippen molar-refractivity contribution >= 4 is 11.8 Å². The van der Waals surface area contributed by atoms with Crippen molar-refractivity contribution in [3.63, 3.8) is 0 Å². The zero-order valence-corrected chi connectivity index (χ0v) is 16.2. The molecule has 29 heavy (non-hydrogen) atoms. The number of carbonyl (C=O) groups excluding carboxylic acids is 2. The van der Waals surface area contributed by atoms with Crippen LogP contribution in [0.2, 0.25) is 0 Å². The van der Waals surface area contributed by atoms with Gasteiger partial charge in [-0.2, -0.15) is 4.98 Å². The van der Waals surface area contributed by atoms with E-state index in [9.17, 15) is 9.59 Å². The number of amides is 2. The van der Waals surface area contributed by atoms with E-state index >= 15 is 0 Å². The fourth-order valence-electron chi connectivity index (χ4n) is 3.44. The van der Waals surface area contributed by atoms with Crippen molar-refractivity contribution in [2.24, 2.45) is 0 Å². The summed E-state index contributed by atoms with van der Waals surface area (Å²) in [6.45, 7) is 3.33. The second-order valence-corrected chi connectivity index (χ2v) is 7.20. The quantitative estimate of drug-likeness (QED) is 0.699. The number of aromatic nitrogens is 2. The molecule has 2 aromatic carbocycles. The predicted octanol–water partition coefficient (Wildman–Crippen LogP) is 2.82. The lowest BCUT2D eigenvalue weighted by Crippen LogP contribution is -2.25. The third kappa shape index (κ3) is 4.34. The Kier molecular flexibility index (Phi) is 5.37. The molecular weight excluding hydrogens is 368 g/mol. The summed E-state index contributed by atoms with van der Waals surface area (Å²) in [4.78, 5) is 30.8. The highest BCUT2D eigenvalue weighted by molar-refractivity contribution is 5.93. The minimum absolute atomic E-state index is 0.0852. The van der Waals surface area contributed by atoms with Crippen molar-refractivity contribution in [3.05, 3.63) is 83.0 Å². The smallest absolute Gasteiger partial charge is 0.251 e. The Hall–Kier alpha value is -3.48. The van der Waals surface area contributed by atoms with E-state index < -0.39 is 0 Å². The summed E-state index contributed by atoms with van der Waals surface area (Å²) in [7, 11) is 0. The molecule has 7 nitrogen and oxygen atoms in total. The first-order valence-electron chi connectivity index (χ1n) is 9.58. The van der Waals surface area contributed by atoms with Crippen LogP contribution in [0.1, 0.15) is 45.5 Å². The molecule has 148 valence electrons. The number of rotatable bonds is 6. The standard InChI is InChI=1S/C22H22N4O3/c1-15-7-5-6-10-17(15)13-26-14-18(11-20(26)27)21-24-19(29-25-21)12-23-22(28)16-8-3-2-4-9-16/h2-10,18H,11-14H2,1H3,(H,23,28). The van der Waals surface area contributed by atoms with Gasteiger partial charge in [0.1, 0.15) is 0 Å². The zero-order chi connectivity index (χ0) is 20.2. The van der Waals surface area contributed by atoms with Crippen molar-refractivity contribution < 1.29 is 14.1 Å². The second kappa shape index (κ2) is 8.26. The van der Waals surface area contributed by atoms with Gasteiger partial charge in [0.15, 0.2) is 5.82 Å². The van der Waals surface area contributed by atoms with Crippen molar-refractivity contribution in [2.45, 2.75) is 32.4 Å². The Balaban J connectivity index is 1.35. The highest BCUT2D eigenvalue weighted by Crippen LogP contribution is 2.28. The van der Waals surface area contributed by atoms with Gasteiger partial charge in [-0.15, -0.1) is 0 Å². The Morgan fingerprint density at radius 3 is 2.72 bits per heavy atom. The van der Waals surface area contributed by atoms with Gasteiger partial charge in [0.2, 0.25) is 11.8 Å². The SMILES string of the molecule is Cc1ccccc1CN1CC(c2noc(CNC(=O)c3ccccc3)n2)CC1=O. The topological polar surface area (TPSA) is 88.3 Å². The van der Waals surface area contributed by atoms with Gasteiger partial charge in [-0.25, -0.2) is 0 Å². The molecule has 0 spiro atoms. The Bertz CT molecular complexity index is 1020. The molecule has 1 atom stereocenters. The summed E-state index contributed by atoms with van der Waals surface area (Å²) < 4.78 is 5.27. The molecule has 1 aromatic heterocycles. The number of nitrogens with one attached hydrogen (secondary N) is 1. The molecule has 1 aliphatic heterocycles. The van der Waals surface area contributed by atoms with Crippen molar-refractivity contribution in [1.29, 1.82) is 0 Å². The summed E-state index contributed by atoms with van der Waals surface area (Å²) in [5.74, 6) is 0.616. The number of benzene rings is 2. The summed E-state index contributed by atoms with van der Waals surface area (Å²) in [6, 6.07) is 17.0. The Labute approximate surface area is 168 Å². The van der Waals surface area contributed by atoms with Gasteiger partial charge >= 0.3 is 0 Å². The molecule has 3 aromatic rings. The van der Waals surface area contributed by atoms with Crippen LogP contribution in [0.4, 0.5) is 0 Å². The predicted molar refractivity (Wildman–Crippen MR) is 106 cm³/mol. The number of aryl methyl sites for hydroxylation is 1. The van der Waals surface area contributed by atoms with Crippen molar-refractivity contribution in [3.8, 4) is 0 Å². The molecule has 4 rings (SSSR count). The van der Waals surface area contributed by atoms with Crippen LogP contribution < -0.4 is 5.32 Å². The Morgan fingerprint density at radius 2 is 1.93 bits per heavy atom. The fraction of sp³-hybridized carbons (Fsp3) is 0.273. The molecule has 0 aliphatic carbocycles. The molecule has 1 aliphatic rings. The summed E-state index contributed by atoms with van der Waals surface area (Å²) in [6.07, 6.45) is 0.362. The van der Waals surface area contributed by atoms with Crippen LogP contribution in [0.5, 0.6) is 0 Å². The van der Waals surface area contributed by atoms with E-state index in [1.54, 1.807) is 24.3 Å². The lowest BCUT2D eigenvalue weighted by molar-refractivity contribution is -0.128. The first-order chi connectivity index (χ1) is 14.1. The molecule has 1 saturated heterocycles. The van der Waals surface area contributed by atoms with E-state index in [1.807, 2.05) is 42.2 Å². The van der Waals surface area contributed by atoms with E-state index in [4.69, 9.17) is 4.52 Å². The largest absolute Gasteiger partial charge is 0.343 e. The third-order valence-electron chi connectivity index (χ3n) is 5.12. The molecule has 2 heterocycles. The molecule has 2 amide bonds. The maximum absolute atomic E-state index is 12.4. The molecule has 0 radical (unpaired) electrons. The van der Waals surface area contributed by atoms with Crippen molar-refractivity contribution in [2.75, 3.05) is 6.54 Å². The number of carbonyl (C=O) groups is 2. The lowest BCUT2D eigenvalue weighted by Gasteiger charge is -2.17. The number of nitrogens with zero attached hydrogens (tertiary/aromatic N) is 3. The normalized spacial score (nSPS) is 16.2. The van der Waals surface area contributed by atoms with Gasteiger partial charge in [-0.3, -0.25) is 9.59 Å². The van der Waals surface area contributed by atoms with Crippen LogP contribution in [0.25, 0.3) is 0 Å². The van der Waals surface area contributed by atoms with Gasteiger partial charge in [-0.05, 0) is 30.2 Å². The average Bonchev–Trinajstić information content (AvgIpc) is 3.35. The van der Waals surface area contributed by atoms with E-state index in [2.05, 4.69) is 15.5 Å². The molecule has 0 bridgehead atoms. The molecule has 1 fully saturated rings. The highest BCUT2D eigenvalue weighted by atomic mass is 16.5. The average molecular weight is 390 g/mol. The van der Waals surface area contributed by atoms with Crippen LogP contribution in [0.3, 0.4) is 0 Å². The molecule has 0 saturated carbocycles. The zero-order valence-electron chi connectivity index (χ0n) is 16.2. The van der Waals surface area contributed by atoms with E-state index in [0.717, 1.165) is 5.56 Å². The van der Waals surface area contributed by atoms with Gasteiger partial charge in [0.05, 0.1) is 6.54 Å². The Morgan fingerprint density at radius 1 is 1.17 bits per heavy atom. The van der Waals surface area contributed by atoms with Crippen LogP contribution in [0, 0.1) is 6.92 Å². The first-order valence-corrected chi connectivity index (χ1v) is 9.58.